The lowest BCUT2D eigenvalue weighted by molar-refractivity contribution is 0.0921. The van der Waals surface area contributed by atoms with Crippen LogP contribution < -0.4 is 5.32 Å². The number of hydrogen-bond donors (Lipinski definition) is 1. The smallest absolute Gasteiger partial charge is 0.252 e. The van der Waals surface area contributed by atoms with Crippen LogP contribution in [0.5, 0.6) is 0 Å². The predicted octanol–water partition coefficient (Wildman–Crippen LogP) is 3.22. The van der Waals surface area contributed by atoms with Gasteiger partial charge in [0.05, 0.1) is 15.5 Å². The van der Waals surface area contributed by atoms with E-state index in [-0.39, 0.29) is 33.5 Å². The summed E-state index contributed by atoms with van der Waals surface area (Å²) in [5.41, 5.74) is 0.180. The maximum absolute atomic E-state index is 12.7. The van der Waals surface area contributed by atoms with Crippen molar-refractivity contribution in [2.45, 2.75) is 57.5 Å². The van der Waals surface area contributed by atoms with Crippen molar-refractivity contribution in [3.63, 3.8) is 0 Å². The average Bonchev–Trinajstić information content (AvgIpc) is 2.65. The highest BCUT2D eigenvalue weighted by molar-refractivity contribution is 7.89. The summed E-state index contributed by atoms with van der Waals surface area (Å²) in [7, 11) is -2.15. The molecule has 2 rings (SSSR count). The third kappa shape index (κ3) is 5.47. The van der Waals surface area contributed by atoms with Crippen LogP contribution in [0.1, 0.15) is 50.9 Å². The van der Waals surface area contributed by atoms with E-state index in [1.807, 2.05) is 0 Å². The number of nitrogens with zero attached hydrogens (tertiary/aromatic N) is 2. The molecule has 1 aliphatic rings. The van der Waals surface area contributed by atoms with Crippen LogP contribution in [-0.4, -0.2) is 62.3 Å². The van der Waals surface area contributed by atoms with Gasteiger partial charge in [-0.15, -0.1) is 0 Å². The molecule has 1 aromatic rings. The molecule has 1 aliphatic heterocycles. The van der Waals surface area contributed by atoms with E-state index < -0.39 is 10.0 Å². The zero-order chi connectivity index (χ0) is 21.1. The molecular weight excluding hydrogens is 398 g/mol. The molecule has 0 bridgehead atoms. The molecule has 6 nitrogen and oxygen atoms in total. The molecule has 0 aliphatic carbocycles. The zero-order valence-electron chi connectivity index (χ0n) is 17.4. The van der Waals surface area contributed by atoms with Crippen molar-refractivity contribution >= 4 is 27.5 Å². The minimum Gasteiger partial charge on any atom is -0.350 e. The van der Waals surface area contributed by atoms with Crippen molar-refractivity contribution in [2.24, 2.45) is 5.92 Å². The van der Waals surface area contributed by atoms with E-state index in [1.54, 1.807) is 13.8 Å². The highest BCUT2D eigenvalue weighted by Crippen LogP contribution is 2.24. The average molecular weight is 430 g/mol. The molecule has 28 heavy (non-hydrogen) atoms. The van der Waals surface area contributed by atoms with Gasteiger partial charge in [0.25, 0.3) is 5.91 Å². The van der Waals surface area contributed by atoms with Crippen molar-refractivity contribution < 1.29 is 13.2 Å². The van der Waals surface area contributed by atoms with Gasteiger partial charge in [-0.3, -0.25) is 9.69 Å². The van der Waals surface area contributed by atoms with Crippen LogP contribution in [-0.2, 0) is 10.0 Å². The Balaban J connectivity index is 2.09. The fourth-order valence-electron chi connectivity index (χ4n) is 3.22. The second-order valence-electron chi connectivity index (χ2n) is 8.03. The van der Waals surface area contributed by atoms with Crippen molar-refractivity contribution in [1.82, 2.24) is 14.5 Å². The van der Waals surface area contributed by atoms with Gasteiger partial charge in [-0.2, -0.15) is 4.31 Å². The summed E-state index contributed by atoms with van der Waals surface area (Å²) in [4.78, 5) is 15.1. The number of benzene rings is 1. The number of hydrogen-bond acceptors (Lipinski definition) is 4. The van der Waals surface area contributed by atoms with E-state index in [0.29, 0.717) is 6.54 Å². The van der Waals surface area contributed by atoms with Gasteiger partial charge >= 0.3 is 0 Å². The van der Waals surface area contributed by atoms with Gasteiger partial charge in [0.1, 0.15) is 0 Å². The largest absolute Gasteiger partial charge is 0.350 e. The molecule has 1 saturated heterocycles. The van der Waals surface area contributed by atoms with Gasteiger partial charge in [0.2, 0.25) is 10.0 Å². The normalized spacial score (nSPS) is 17.9. The summed E-state index contributed by atoms with van der Waals surface area (Å²) in [6.45, 7) is 10.5. The summed E-state index contributed by atoms with van der Waals surface area (Å²) < 4.78 is 26.7. The highest BCUT2D eigenvalue weighted by atomic mass is 35.5. The lowest BCUT2D eigenvalue weighted by Crippen LogP contribution is -2.45. The Labute approximate surface area is 174 Å². The molecule has 0 radical (unpaired) electrons. The quantitative estimate of drug-likeness (QED) is 0.722. The van der Waals surface area contributed by atoms with Gasteiger partial charge in [-0.05, 0) is 70.8 Å². The lowest BCUT2D eigenvalue weighted by atomic mass is 9.98. The van der Waals surface area contributed by atoms with Crippen LogP contribution in [0.15, 0.2) is 23.1 Å². The van der Waals surface area contributed by atoms with Crippen molar-refractivity contribution in [1.29, 1.82) is 0 Å². The van der Waals surface area contributed by atoms with Crippen LogP contribution in [0.4, 0.5) is 0 Å². The Morgan fingerprint density at radius 1 is 1.29 bits per heavy atom. The van der Waals surface area contributed by atoms with Crippen LogP contribution in [0, 0.1) is 5.92 Å². The standard InChI is InChI=1S/C20H32ClN3O3S/c1-14(2)23(5)28(26,27)17-6-7-19(21)18(12-17)20(25)22-13-16(4)24-10-8-15(3)9-11-24/h6-7,12,14-16H,8-11,13H2,1-5H3,(H,22,25). The molecule has 1 fully saturated rings. The van der Waals surface area contributed by atoms with Crippen molar-refractivity contribution in [2.75, 3.05) is 26.7 Å². The van der Waals surface area contributed by atoms with E-state index in [1.165, 1.54) is 42.4 Å². The Kier molecular flexibility index (Phi) is 7.90. The molecule has 0 aromatic heterocycles. The monoisotopic (exact) mass is 429 g/mol. The van der Waals surface area contributed by atoms with Crippen molar-refractivity contribution in [3.05, 3.63) is 28.8 Å². The first-order chi connectivity index (χ1) is 13.0. The van der Waals surface area contributed by atoms with Crippen LogP contribution in [0.2, 0.25) is 5.02 Å². The second kappa shape index (κ2) is 9.57. The number of likely N-dealkylation sites (tertiary alicyclic amines) is 1. The van der Waals surface area contributed by atoms with Gasteiger partial charge < -0.3 is 5.32 Å². The summed E-state index contributed by atoms with van der Waals surface area (Å²) in [5, 5.41) is 3.14. The minimum atomic E-state index is -3.68. The van der Waals surface area contributed by atoms with Gasteiger partial charge in [-0.25, -0.2) is 8.42 Å². The maximum atomic E-state index is 12.7. The van der Waals surface area contributed by atoms with Crippen molar-refractivity contribution in [3.8, 4) is 0 Å². The Morgan fingerprint density at radius 2 is 1.89 bits per heavy atom. The number of rotatable bonds is 7. The zero-order valence-corrected chi connectivity index (χ0v) is 19.0. The molecule has 158 valence electrons. The minimum absolute atomic E-state index is 0.0660. The Hall–Kier alpha value is -1.15. The molecule has 0 spiro atoms. The van der Waals surface area contributed by atoms with E-state index in [0.717, 1.165) is 19.0 Å². The molecule has 1 amide bonds. The first kappa shape index (κ1) is 23.1. The lowest BCUT2D eigenvalue weighted by Gasteiger charge is -2.35. The number of amides is 1. The maximum Gasteiger partial charge on any atom is 0.252 e. The topological polar surface area (TPSA) is 69.7 Å². The highest BCUT2D eigenvalue weighted by Gasteiger charge is 2.25. The van der Waals surface area contributed by atoms with E-state index in [4.69, 9.17) is 11.6 Å². The second-order valence-corrected chi connectivity index (χ2v) is 10.4. The number of piperidine rings is 1. The fraction of sp³-hybridized carbons (Fsp3) is 0.650. The number of nitrogens with one attached hydrogen (secondary N) is 1. The number of carbonyl (C=O) groups is 1. The first-order valence-electron chi connectivity index (χ1n) is 9.83. The predicted molar refractivity (Wildman–Crippen MR) is 113 cm³/mol. The molecule has 0 saturated carbocycles. The van der Waals surface area contributed by atoms with Crippen LogP contribution in [0.25, 0.3) is 0 Å². The SMILES string of the molecule is CC1CCN(C(C)CNC(=O)c2cc(S(=O)(=O)N(C)C(C)C)ccc2Cl)CC1. The first-order valence-corrected chi connectivity index (χ1v) is 11.7. The summed E-state index contributed by atoms with van der Waals surface area (Å²) in [5.74, 6) is 0.400. The van der Waals surface area contributed by atoms with E-state index >= 15 is 0 Å². The van der Waals surface area contributed by atoms with Gasteiger partial charge in [0.15, 0.2) is 0 Å². The molecule has 8 heteroatoms. The Bertz CT molecular complexity index is 790. The molecule has 1 unspecified atom stereocenters. The molecule has 1 aromatic carbocycles. The fourth-order valence-corrected chi connectivity index (χ4v) is 4.81. The molecule has 1 heterocycles. The number of halogens is 1. The van der Waals surface area contributed by atoms with Gasteiger partial charge in [-0.1, -0.05) is 18.5 Å². The Morgan fingerprint density at radius 3 is 2.46 bits per heavy atom. The number of sulfonamides is 1. The van der Waals surface area contributed by atoms with E-state index in [2.05, 4.69) is 24.1 Å². The molecule has 1 N–H and O–H groups in total. The summed E-state index contributed by atoms with van der Waals surface area (Å²) in [6, 6.07) is 4.29. The van der Waals surface area contributed by atoms with Crippen LogP contribution in [0.3, 0.4) is 0 Å². The van der Waals surface area contributed by atoms with Gasteiger partial charge in [0, 0.05) is 25.7 Å². The van der Waals surface area contributed by atoms with Crippen LogP contribution >= 0.6 is 11.6 Å². The molecule has 1 atom stereocenters. The molecular formula is C20H32ClN3O3S. The number of carbonyl (C=O) groups excluding carboxylic acids is 1. The third-order valence-corrected chi connectivity index (χ3v) is 7.95. The summed E-state index contributed by atoms with van der Waals surface area (Å²) >= 11 is 6.18. The van der Waals surface area contributed by atoms with E-state index in [9.17, 15) is 13.2 Å². The third-order valence-electron chi connectivity index (χ3n) is 5.59. The summed E-state index contributed by atoms with van der Waals surface area (Å²) in [6.07, 6.45) is 2.35.